The lowest BCUT2D eigenvalue weighted by Crippen LogP contribution is -2.21. The molecule has 16 heavy (non-hydrogen) atoms. The second kappa shape index (κ2) is 4.39. The Morgan fingerprint density at radius 2 is 2.00 bits per heavy atom. The summed E-state index contributed by atoms with van der Waals surface area (Å²) in [7, 11) is 1.31. The van der Waals surface area contributed by atoms with E-state index in [0.717, 1.165) is 18.2 Å². The summed E-state index contributed by atoms with van der Waals surface area (Å²) in [5.41, 5.74) is -0.835. The van der Waals surface area contributed by atoms with Gasteiger partial charge in [0, 0.05) is 19.2 Å². The third-order valence-corrected chi connectivity index (χ3v) is 1.92. The summed E-state index contributed by atoms with van der Waals surface area (Å²) in [6, 6.07) is 3.00. The number of carboxylic acid groups (broad SMARTS) is 1. The number of carbonyl (C=O) groups excluding carboxylic acids is 1. The molecule has 0 heterocycles. The Bertz CT molecular complexity index is 469. The number of hydrogen-bond acceptors (Lipinski definition) is 4. The topological polar surface area (TPSA) is 110 Å². The number of nitro benzene ring substituents is 1. The molecule has 7 heteroatoms. The van der Waals surface area contributed by atoms with Crippen LogP contribution in [0.1, 0.15) is 20.7 Å². The van der Waals surface area contributed by atoms with Crippen LogP contribution in [0.4, 0.5) is 5.69 Å². The Morgan fingerprint density at radius 1 is 1.38 bits per heavy atom. The maximum atomic E-state index is 11.3. The number of carbonyl (C=O) groups is 2. The lowest BCUT2D eigenvalue weighted by molar-refractivity contribution is -0.384. The van der Waals surface area contributed by atoms with Gasteiger partial charge in [0.15, 0.2) is 0 Å². The lowest BCUT2D eigenvalue weighted by atomic mass is 10.1. The number of nitrogens with one attached hydrogen (secondary N) is 1. The van der Waals surface area contributed by atoms with Gasteiger partial charge in [0.1, 0.15) is 0 Å². The molecule has 0 radical (unpaired) electrons. The van der Waals surface area contributed by atoms with Gasteiger partial charge in [0.2, 0.25) is 0 Å². The normalized spacial score (nSPS) is 9.56. The van der Waals surface area contributed by atoms with Gasteiger partial charge in [-0.15, -0.1) is 0 Å². The molecular formula is C9H8N2O5. The van der Waals surface area contributed by atoms with Crippen LogP contribution in [0.2, 0.25) is 0 Å². The van der Waals surface area contributed by atoms with Gasteiger partial charge >= 0.3 is 5.97 Å². The molecular weight excluding hydrogens is 216 g/mol. The van der Waals surface area contributed by atoms with E-state index in [1.54, 1.807) is 0 Å². The summed E-state index contributed by atoms with van der Waals surface area (Å²) in [5.74, 6) is -1.99. The van der Waals surface area contributed by atoms with Gasteiger partial charge in [-0.2, -0.15) is 0 Å². The van der Waals surface area contributed by atoms with Crippen molar-refractivity contribution in [2.24, 2.45) is 0 Å². The fourth-order valence-corrected chi connectivity index (χ4v) is 1.15. The molecule has 0 bridgehead atoms. The average Bonchev–Trinajstić information content (AvgIpc) is 2.26. The number of rotatable bonds is 3. The Morgan fingerprint density at radius 3 is 2.44 bits per heavy atom. The molecule has 0 aliphatic heterocycles. The number of amides is 1. The Hall–Kier alpha value is -2.44. The maximum absolute atomic E-state index is 11.3. The summed E-state index contributed by atoms with van der Waals surface area (Å²) in [6.45, 7) is 0. The van der Waals surface area contributed by atoms with Crippen molar-refractivity contribution in [2.45, 2.75) is 0 Å². The van der Waals surface area contributed by atoms with Crippen molar-refractivity contribution in [3.05, 3.63) is 39.4 Å². The van der Waals surface area contributed by atoms with E-state index in [-0.39, 0.29) is 16.8 Å². The van der Waals surface area contributed by atoms with Gasteiger partial charge in [0.05, 0.1) is 16.1 Å². The molecule has 0 saturated heterocycles. The summed E-state index contributed by atoms with van der Waals surface area (Å²) in [4.78, 5) is 31.9. The van der Waals surface area contributed by atoms with Crippen LogP contribution in [0.3, 0.4) is 0 Å². The second-order valence-corrected chi connectivity index (χ2v) is 2.87. The highest BCUT2D eigenvalue weighted by Crippen LogP contribution is 2.17. The average molecular weight is 224 g/mol. The molecule has 0 fully saturated rings. The molecule has 2 N–H and O–H groups in total. The summed E-state index contributed by atoms with van der Waals surface area (Å²) < 4.78 is 0. The van der Waals surface area contributed by atoms with Crippen LogP contribution in [0, 0.1) is 10.1 Å². The van der Waals surface area contributed by atoms with Crippen LogP contribution in [-0.4, -0.2) is 29.0 Å². The first-order valence-corrected chi connectivity index (χ1v) is 4.21. The molecule has 1 amide bonds. The minimum Gasteiger partial charge on any atom is -0.478 e. The van der Waals surface area contributed by atoms with E-state index in [4.69, 9.17) is 5.11 Å². The van der Waals surface area contributed by atoms with E-state index >= 15 is 0 Å². The second-order valence-electron chi connectivity index (χ2n) is 2.87. The van der Waals surface area contributed by atoms with Gasteiger partial charge in [-0.1, -0.05) is 0 Å². The van der Waals surface area contributed by atoms with E-state index in [1.165, 1.54) is 7.05 Å². The van der Waals surface area contributed by atoms with Crippen molar-refractivity contribution < 1.29 is 19.6 Å². The lowest BCUT2D eigenvalue weighted by Gasteiger charge is -2.03. The molecule has 0 aromatic heterocycles. The predicted octanol–water partition coefficient (Wildman–Crippen LogP) is 0.653. The van der Waals surface area contributed by atoms with Crippen LogP contribution >= 0.6 is 0 Å². The van der Waals surface area contributed by atoms with E-state index in [2.05, 4.69) is 5.32 Å². The Balaban J connectivity index is 3.38. The number of non-ortho nitro benzene ring substituents is 1. The number of nitro groups is 1. The van der Waals surface area contributed by atoms with Crippen LogP contribution in [0.5, 0.6) is 0 Å². The zero-order valence-corrected chi connectivity index (χ0v) is 8.26. The zero-order chi connectivity index (χ0) is 12.3. The van der Waals surface area contributed by atoms with E-state index in [9.17, 15) is 19.7 Å². The smallest absolute Gasteiger partial charge is 0.336 e. The molecule has 1 aromatic rings. The molecule has 1 aromatic carbocycles. The van der Waals surface area contributed by atoms with Crippen molar-refractivity contribution in [3.8, 4) is 0 Å². The van der Waals surface area contributed by atoms with Crippen LogP contribution in [0.15, 0.2) is 18.2 Å². The fourth-order valence-electron chi connectivity index (χ4n) is 1.15. The standard InChI is InChI=1S/C9H8N2O5/c1-10-8(12)7-4-5(11(15)16)2-3-6(7)9(13)14/h2-4H,1H3,(H,10,12)(H,13,14). The molecule has 7 nitrogen and oxygen atoms in total. The van der Waals surface area contributed by atoms with Crippen LogP contribution < -0.4 is 5.32 Å². The third kappa shape index (κ3) is 2.14. The minimum atomic E-state index is -1.31. The highest BCUT2D eigenvalue weighted by Gasteiger charge is 2.19. The predicted molar refractivity (Wildman–Crippen MR) is 53.4 cm³/mol. The molecule has 0 saturated carbocycles. The van der Waals surface area contributed by atoms with Crippen molar-refractivity contribution in [3.63, 3.8) is 0 Å². The molecule has 0 aliphatic rings. The SMILES string of the molecule is CNC(=O)c1cc([N+](=O)[O-])ccc1C(=O)O. The first-order chi connectivity index (χ1) is 7.47. The van der Waals surface area contributed by atoms with Gasteiger partial charge < -0.3 is 10.4 Å². The summed E-state index contributed by atoms with van der Waals surface area (Å²) in [5, 5.41) is 21.5. The van der Waals surface area contributed by atoms with Crippen LogP contribution in [0.25, 0.3) is 0 Å². The number of carboxylic acids is 1. The third-order valence-electron chi connectivity index (χ3n) is 1.92. The largest absolute Gasteiger partial charge is 0.478 e. The fraction of sp³-hybridized carbons (Fsp3) is 0.111. The molecule has 0 spiro atoms. The van der Waals surface area contributed by atoms with Crippen molar-refractivity contribution >= 4 is 17.6 Å². The first kappa shape index (κ1) is 11.6. The molecule has 84 valence electrons. The van der Waals surface area contributed by atoms with Gasteiger partial charge in [-0.25, -0.2) is 4.79 Å². The summed E-state index contributed by atoms with van der Waals surface area (Å²) >= 11 is 0. The van der Waals surface area contributed by atoms with E-state index in [0.29, 0.717) is 0 Å². The molecule has 0 atom stereocenters. The van der Waals surface area contributed by atoms with E-state index in [1.807, 2.05) is 0 Å². The number of aromatic carboxylic acids is 1. The van der Waals surface area contributed by atoms with Gasteiger partial charge in [-0.05, 0) is 6.07 Å². The zero-order valence-electron chi connectivity index (χ0n) is 8.26. The van der Waals surface area contributed by atoms with Crippen molar-refractivity contribution in [2.75, 3.05) is 7.05 Å². The first-order valence-electron chi connectivity index (χ1n) is 4.21. The molecule has 0 unspecified atom stereocenters. The monoisotopic (exact) mass is 224 g/mol. The van der Waals surface area contributed by atoms with E-state index < -0.39 is 16.8 Å². The van der Waals surface area contributed by atoms with Gasteiger partial charge in [0.25, 0.3) is 11.6 Å². The quantitative estimate of drug-likeness (QED) is 0.578. The van der Waals surface area contributed by atoms with Gasteiger partial charge in [-0.3, -0.25) is 14.9 Å². The van der Waals surface area contributed by atoms with Crippen LogP contribution in [-0.2, 0) is 0 Å². The number of nitrogens with zero attached hydrogens (tertiary/aromatic N) is 1. The maximum Gasteiger partial charge on any atom is 0.336 e. The van der Waals surface area contributed by atoms with Crippen molar-refractivity contribution in [1.82, 2.24) is 5.32 Å². The Kier molecular flexibility index (Phi) is 3.19. The highest BCUT2D eigenvalue weighted by atomic mass is 16.6. The molecule has 1 rings (SSSR count). The minimum absolute atomic E-state index is 0.232. The van der Waals surface area contributed by atoms with Crippen molar-refractivity contribution in [1.29, 1.82) is 0 Å². The molecule has 0 aliphatic carbocycles. The summed E-state index contributed by atoms with van der Waals surface area (Å²) in [6.07, 6.45) is 0. The number of benzene rings is 1. The Labute approximate surface area is 89.8 Å². The highest BCUT2D eigenvalue weighted by molar-refractivity contribution is 6.05. The number of hydrogen-bond donors (Lipinski definition) is 2.